The van der Waals surface area contributed by atoms with Crippen molar-refractivity contribution < 1.29 is 19.4 Å². The van der Waals surface area contributed by atoms with E-state index in [-0.39, 0.29) is 18.0 Å². The Kier molecular flexibility index (Phi) is 3.22. The van der Waals surface area contributed by atoms with Crippen LogP contribution < -0.4 is 0 Å². The summed E-state index contributed by atoms with van der Waals surface area (Å²) in [5.74, 6) is -0.862. The molecule has 4 heteroatoms. The number of hydrogen-bond donors (Lipinski definition) is 1. The first-order valence-corrected chi connectivity index (χ1v) is 7.54. The fourth-order valence-corrected chi connectivity index (χ4v) is 4.48. The van der Waals surface area contributed by atoms with Gasteiger partial charge < -0.3 is 14.6 Å². The van der Waals surface area contributed by atoms with Gasteiger partial charge in [-0.3, -0.25) is 4.79 Å². The lowest BCUT2D eigenvalue weighted by atomic mass is 9.58. The second-order valence-electron chi connectivity index (χ2n) is 6.92. The van der Waals surface area contributed by atoms with Crippen molar-refractivity contribution in [2.75, 3.05) is 13.7 Å². The first-order valence-electron chi connectivity index (χ1n) is 7.54. The molecule has 0 aromatic heterocycles. The molecular formula is C16H24O4. The molecule has 0 aromatic carbocycles. The van der Waals surface area contributed by atoms with Crippen molar-refractivity contribution in [3.8, 4) is 0 Å². The van der Waals surface area contributed by atoms with Crippen molar-refractivity contribution in [1.29, 1.82) is 0 Å². The molecule has 4 nitrogen and oxygen atoms in total. The third-order valence-corrected chi connectivity index (χ3v) is 5.64. The Labute approximate surface area is 120 Å². The fourth-order valence-electron chi connectivity index (χ4n) is 4.48. The molecule has 112 valence electrons. The lowest BCUT2D eigenvalue weighted by molar-refractivity contribution is -0.144. The number of esters is 1. The van der Waals surface area contributed by atoms with Crippen LogP contribution in [0.15, 0.2) is 11.1 Å². The standard InChI is InChI=1S/C16H24O4/c1-10-5-4-6-15(2)7-8-16(18)11(9-19-3)14(17)20-13(16)12(10)15/h11,13,18H,4-9H2,1-3H3/t11-,13?,15+,16+/m0/s1. The van der Waals surface area contributed by atoms with Crippen LogP contribution in [0.1, 0.15) is 46.0 Å². The fraction of sp³-hybridized carbons (Fsp3) is 0.812. The van der Waals surface area contributed by atoms with Gasteiger partial charge in [-0.05, 0) is 50.0 Å². The van der Waals surface area contributed by atoms with E-state index >= 15 is 0 Å². The quantitative estimate of drug-likeness (QED) is 0.622. The zero-order valence-corrected chi connectivity index (χ0v) is 12.6. The number of rotatable bonds is 2. The zero-order valence-electron chi connectivity index (χ0n) is 12.6. The number of carbonyl (C=O) groups excluding carboxylic acids is 1. The van der Waals surface area contributed by atoms with E-state index in [4.69, 9.17) is 9.47 Å². The topological polar surface area (TPSA) is 55.8 Å². The Morgan fingerprint density at radius 2 is 2.15 bits per heavy atom. The number of ether oxygens (including phenoxy) is 2. The molecule has 1 saturated heterocycles. The predicted molar refractivity (Wildman–Crippen MR) is 74.1 cm³/mol. The Bertz CT molecular complexity index is 469. The van der Waals surface area contributed by atoms with Gasteiger partial charge in [0, 0.05) is 7.11 Å². The Balaban J connectivity index is 2.03. The summed E-state index contributed by atoms with van der Waals surface area (Å²) < 4.78 is 10.7. The van der Waals surface area contributed by atoms with Crippen LogP contribution in [-0.2, 0) is 14.3 Å². The van der Waals surface area contributed by atoms with Crippen molar-refractivity contribution in [2.24, 2.45) is 11.3 Å². The predicted octanol–water partition coefficient (Wildman–Crippen LogP) is 2.21. The first-order chi connectivity index (χ1) is 9.42. The lowest BCUT2D eigenvalue weighted by Crippen LogP contribution is -2.54. The van der Waals surface area contributed by atoms with Crippen molar-refractivity contribution in [1.82, 2.24) is 0 Å². The lowest BCUT2D eigenvalue weighted by Gasteiger charge is -2.49. The van der Waals surface area contributed by atoms with E-state index in [0.717, 1.165) is 19.3 Å². The molecule has 0 spiro atoms. The minimum atomic E-state index is -1.08. The summed E-state index contributed by atoms with van der Waals surface area (Å²) in [7, 11) is 1.56. The van der Waals surface area contributed by atoms with Gasteiger partial charge in [0.05, 0.1) is 6.61 Å². The van der Waals surface area contributed by atoms with Gasteiger partial charge in [-0.1, -0.05) is 12.5 Å². The van der Waals surface area contributed by atoms with Crippen molar-refractivity contribution in [3.05, 3.63) is 11.1 Å². The van der Waals surface area contributed by atoms with Crippen LogP contribution in [0.2, 0.25) is 0 Å². The number of fused-ring (bicyclic) bond motifs is 3. The van der Waals surface area contributed by atoms with Crippen molar-refractivity contribution >= 4 is 5.97 Å². The molecule has 1 unspecified atom stereocenters. The number of carbonyl (C=O) groups is 1. The molecular weight excluding hydrogens is 256 g/mol. The smallest absolute Gasteiger partial charge is 0.315 e. The molecule has 3 rings (SSSR count). The largest absolute Gasteiger partial charge is 0.454 e. The molecule has 0 bridgehead atoms. The highest BCUT2D eigenvalue weighted by Gasteiger charge is 2.63. The average Bonchev–Trinajstić information content (AvgIpc) is 2.63. The zero-order chi connectivity index (χ0) is 14.5. The van der Waals surface area contributed by atoms with Crippen LogP contribution in [0.25, 0.3) is 0 Å². The number of hydrogen-bond acceptors (Lipinski definition) is 4. The summed E-state index contributed by atoms with van der Waals surface area (Å²) in [5, 5.41) is 11.1. The van der Waals surface area contributed by atoms with Gasteiger partial charge in [0.1, 0.15) is 11.5 Å². The Morgan fingerprint density at radius 3 is 2.85 bits per heavy atom. The van der Waals surface area contributed by atoms with Crippen molar-refractivity contribution in [2.45, 2.75) is 57.7 Å². The number of aliphatic hydroxyl groups is 1. The molecule has 2 fully saturated rings. The SMILES string of the molecule is COC[C@H]1C(=O)OC2C3=C(C)CCC[C@]3(C)CC[C@]21O. The summed E-state index contributed by atoms with van der Waals surface area (Å²) in [6.07, 6.45) is 4.43. The van der Waals surface area contributed by atoms with Gasteiger partial charge in [0.25, 0.3) is 0 Å². The average molecular weight is 280 g/mol. The summed E-state index contributed by atoms with van der Waals surface area (Å²) in [6, 6.07) is 0. The van der Waals surface area contributed by atoms with E-state index in [1.807, 2.05) is 0 Å². The summed E-state index contributed by atoms with van der Waals surface area (Å²) in [5.41, 5.74) is 1.49. The minimum absolute atomic E-state index is 0.0848. The maximum atomic E-state index is 12.1. The molecule has 0 amide bonds. The molecule has 1 heterocycles. The van der Waals surface area contributed by atoms with Crippen LogP contribution in [0, 0.1) is 11.3 Å². The van der Waals surface area contributed by atoms with E-state index in [9.17, 15) is 9.90 Å². The van der Waals surface area contributed by atoms with Gasteiger partial charge in [-0.25, -0.2) is 0 Å². The van der Waals surface area contributed by atoms with E-state index in [1.165, 1.54) is 17.6 Å². The van der Waals surface area contributed by atoms with E-state index < -0.39 is 17.6 Å². The van der Waals surface area contributed by atoms with E-state index in [1.54, 1.807) is 7.11 Å². The van der Waals surface area contributed by atoms with Crippen LogP contribution in [-0.4, -0.2) is 36.5 Å². The van der Waals surface area contributed by atoms with E-state index in [0.29, 0.717) is 6.42 Å². The molecule has 4 atom stereocenters. The first kappa shape index (κ1) is 14.1. The van der Waals surface area contributed by atoms with Crippen LogP contribution in [0.5, 0.6) is 0 Å². The maximum absolute atomic E-state index is 12.1. The number of allylic oxidation sites excluding steroid dienone is 1. The van der Waals surface area contributed by atoms with Gasteiger partial charge in [-0.2, -0.15) is 0 Å². The Hall–Kier alpha value is -0.870. The summed E-state index contributed by atoms with van der Waals surface area (Å²) in [4.78, 5) is 12.1. The molecule has 1 saturated carbocycles. The monoisotopic (exact) mass is 280 g/mol. The third-order valence-electron chi connectivity index (χ3n) is 5.64. The normalized spacial score (nSPS) is 44.1. The van der Waals surface area contributed by atoms with Gasteiger partial charge >= 0.3 is 5.97 Å². The summed E-state index contributed by atoms with van der Waals surface area (Å²) in [6.45, 7) is 4.60. The van der Waals surface area contributed by atoms with Gasteiger partial charge in [-0.15, -0.1) is 0 Å². The second kappa shape index (κ2) is 4.57. The van der Waals surface area contributed by atoms with E-state index in [2.05, 4.69) is 13.8 Å². The summed E-state index contributed by atoms with van der Waals surface area (Å²) >= 11 is 0. The second-order valence-corrected chi connectivity index (χ2v) is 6.92. The van der Waals surface area contributed by atoms with Crippen LogP contribution >= 0.6 is 0 Å². The highest BCUT2D eigenvalue weighted by molar-refractivity contribution is 5.78. The molecule has 2 aliphatic carbocycles. The van der Waals surface area contributed by atoms with Crippen LogP contribution in [0.3, 0.4) is 0 Å². The molecule has 3 aliphatic rings. The third kappa shape index (κ3) is 1.77. The molecule has 1 aliphatic heterocycles. The van der Waals surface area contributed by atoms with Gasteiger partial charge in [0.15, 0.2) is 6.10 Å². The Morgan fingerprint density at radius 1 is 1.40 bits per heavy atom. The maximum Gasteiger partial charge on any atom is 0.315 e. The highest BCUT2D eigenvalue weighted by Crippen LogP contribution is 2.57. The minimum Gasteiger partial charge on any atom is -0.454 e. The van der Waals surface area contributed by atoms with Gasteiger partial charge in [0.2, 0.25) is 0 Å². The molecule has 0 radical (unpaired) electrons. The highest BCUT2D eigenvalue weighted by atomic mass is 16.6. The van der Waals surface area contributed by atoms with Crippen molar-refractivity contribution in [3.63, 3.8) is 0 Å². The molecule has 0 aromatic rings. The molecule has 20 heavy (non-hydrogen) atoms. The van der Waals surface area contributed by atoms with Crippen LogP contribution in [0.4, 0.5) is 0 Å². The number of methoxy groups -OCH3 is 1. The molecule has 1 N–H and O–H groups in total.